The number of anilines is 1. The molecule has 0 bridgehead atoms. The van der Waals surface area contributed by atoms with Crippen molar-refractivity contribution in [2.45, 2.75) is 13.0 Å². The Kier molecular flexibility index (Phi) is 5.65. The molecule has 7 heteroatoms. The number of hydrogen-bond donors (Lipinski definition) is 0. The van der Waals surface area contributed by atoms with Crippen molar-refractivity contribution in [3.05, 3.63) is 59.9 Å². The van der Waals surface area contributed by atoms with Gasteiger partial charge in [-0.05, 0) is 29.8 Å². The molecular weight excluding hydrogens is 345 g/mol. The minimum absolute atomic E-state index is 0.0410. The summed E-state index contributed by atoms with van der Waals surface area (Å²) < 4.78 is 42.4. The number of halogens is 3. The van der Waals surface area contributed by atoms with Gasteiger partial charge in [0.05, 0.1) is 12.1 Å². The number of carbonyl (C=O) groups excluding carboxylic acids is 1. The minimum atomic E-state index is -2.87. The zero-order valence-corrected chi connectivity index (χ0v) is 14.1. The summed E-state index contributed by atoms with van der Waals surface area (Å²) in [6, 6.07) is 12.6. The van der Waals surface area contributed by atoms with Crippen LogP contribution in [0.1, 0.15) is 5.56 Å². The zero-order valence-electron chi connectivity index (χ0n) is 14.1. The molecule has 1 aliphatic heterocycles. The Morgan fingerprint density at radius 2 is 1.65 bits per heavy atom. The van der Waals surface area contributed by atoms with Crippen LogP contribution in [0, 0.1) is 5.82 Å². The lowest BCUT2D eigenvalue weighted by atomic mass is 10.1. The third-order valence-electron chi connectivity index (χ3n) is 4.33. The normalized spacial score (nSPS) is 14.6. The lowest BCUT2D eigenvalue weighted by Crippen LogP contribution is -2.49. The topological polar surface area (TPSA) is 32.8 Å². The van der Waals surface area contributed by atoms with Crippen LogP contribution >= 0.6 is 0 Å². The number of rotatable bonds is 5. The van der Waals surface area contributed by atoms with Crippen molar-refractivity contribution in [2.24, 2.45) is 0 Å². The Morgan fingerprint density at radius 3 is 2.27 bits per heavy atom. The van der Waals surface area contributed by atoms with Crippen molar-refractivity contribution in [3.63, 3.8) is 0 Å². The van der Waals surface area contributed by atoms with Crippen molar-refractivity contribution in [3.8, 4) is 5.75 Å². The SMILES string of the molecule is O=C(Cc1ccc(OC(F)F)cc1)N1CCN(c2ccccc2F)CC1. The second-order valence-corrected chi connectivity index (χ2v) is 6.02. The first-order valence-electron chi connectivity index (χ1n) is 8.34. The van der Waals surface area contributed by atoms with Crippen LogP contribution in [0.5, 0.6) is 5.75 Å². The Bertz CT molecular complexity index is 745. The quantitative estimate of drug-likeness (QED) is 0.816. The first-order chi connectivity index (χ1) is 12.5. The van der Waals surface area contributed by atoms with Gasteiger partial charge in [0.1, 0.15) is 11.6 Å². The van der Waals surface area contributed by atoms with Crippen LogP contribution < -0.4 is 9.64 Å². The van der Waals surface area contributed by atoms with Crippen molar-refractivity contribution < 1.29 is 22.7 Å². The molecule has 26 heavy (non-hydrogen) atoms. The molecule has 0 aromatic heterocycles. The standard InChI is InChI=1S/C19H19F3N2O2/c20-16-3-1-2-4-17(16)23-9-11-24(12-10-23)18(25)13-14-5-7-15(8-6-14)26-19(21)22/h1-8,19H,9-13H2. The molecule has 1 fully saturated rings. The van der Waals surface area contributed by atoms with E-state index in [-0.39, 0.29) is 23.9 Å². The molecule has 1 heterocycles. The highest BCUT2D eigenvalue weighted by molar-refractivity contribution is 5.79. The highest BCUT2D eigenvalue weighted by Crippen LogP contribution is 2.21. The van der Waals surface area contributed by atoms with Crippen LogP contribution in [0.2, 0.25) is 0 Å². The van der Waals surface area contributed by atoms with Gasteiger partial charge in [0.2, 0.25) is 5.91 Å². The summed E-state index contributed by atoms with van der Waals surface area (Å²) in [7, 11) is 0. The van der Waals surface area contributed by atoms with Gasteiger partial charge in [0, 0.05) is 26.2 Å². The number of alkyl halides is 2. The summed E-state index contributed by atoms with van der Waals surface area (Å²) in [5.41, 5.74) is 1.28. The summed E-state index contributed by atoms with van der Waals surface area (Å²) >= 11 is 0. The van der Waals surface area contributed by atoms with E-state index < -0.39 is 6.61 Å². The Balaban J connectivity index is 1.53. The predicted octanol–water partition coefficient (Wildman–Crippen LogP) is 3.32. The third-order valence-corrected chi connectivity index (χ3v) is 4.33. The van der Waals surface area contributed by atoms with Crippen molar-refractivity contribution in [2.75, 3.05) is 31.1 Å². The summed E-state index contributed by atoms with van der Waals surface area (Å²) in [6.07, 6.45) is 0.189. The average molecular weight is 364 g/mol. The van der Waals surface area contributed by atoms with Crippen LogP contribution in [0.4, 0.5) is 18.9 Å². The first-order valence-corrected chi connectivity index (χ1v) is 8.34. The van der Waals surface area contributed by atoms with Gasteiger partial charge < -0.3 is 14.5 Å². The number of carbonyl (C=O) groups is 1. The van der Waals surface area contributed by atoms with E-state index in [9.17, 15) is 18.0 Å². The summed E-state index contributed by atoms with van der Waals surface area (Å²) in [5, 5.41) is 0. The van der Waals surface area contributed by atoms with Gasteiger partial charge >= 0.3 is 6.61 Å². The second kappa shape index (κ2) is 8.12. The Morgan fingerprint density at radius 1 is 1.00 bits per heavy atom. The molecule has 0 atom stereocenters. The number of benzene rings is 2. The number of ether oxygens (including phenoxy) is 1. The fourth-order valence-corrected chi connectivity index (χ4v) is 2.98. The first kappa shape index (κ1) is 18.1. The van der Waals surface area contributed by atoms with Crippen molar-refractivity contribution >= 4 is 11.6 Å². The van der Waals surface area contributed by atoms with E-state index in [0.29, 0.717) is 31.9 Å². The Hall–Kier alpha value is -2.70. The number of hydrogen-bond acceptors (Lipinski definition) is 3. The highest BCUT2D eigenvalue weighted by atomic mass is 19.3. The molecule has 0 aliphatic carbocycles. The van der Waals surface area contributed by atoms with Gasteiger partial charge in [-0.25, -0.2) is 4.39 Å². The maximum atomic E-state index is 13.8. The van der Waals surface area contributed by atoms with E-state index in [0.717, 1.165) is 5.56 Å². The summed E-state index contributed by atoms with van der Waals surface area (Å²) in [6.45, 7) is -0.713. The average Bonchev–Trinajstić information content (AvgIpc) is 2.63. The molecule has 138 valence electrons. The molecule has 0 radical (unpaired) electrons. The highest BCUT2D eigenvalue weighted by Gasteiger charge is 2.22. The molecule has 1 saturated heterocycles. The fraction of sp³-hybridized carbons (Fsp3) is 0.316. The fourth-order valence-electron chi connectivity index (χ4n) is 2.98. The molecule has 1 aliphatic rings. The molecule has 1 amide bonds. The van der Waals surface area contributed by atoms with Crippen LogP contribution in [-0.2, 0) is 11.2 Å². The maximum absolute atomic E-state index is 13.8. The van der Waals surface area contributed by atoms with Crippen LogP contribution in [0.15, 0.2) is 48.5 Å². The van der Waals surface area contributed by atoms with Crippen LogP contribution in [-0.4, -0.2) is 43.6 Å². The Labute approximate surface area is 149 Å². The van der Waals surface area contributed by atoms with E-state index >= 15 is 0 Å². The van der Waals surface area contributed by atoms with Gasteiger partial charge in [-0.1, -0.05) is 24.3 Å². The van der Waals surface area contributed by atoms with Gasteiger partial charge in [0.15, 0.2) is 0 Å². The maximum Gasteiger partial charge on any atom is 0.387 e. The molecule has 3 rings (SSSR count). The molecule has 0 spiro atoms. The van der Waals surface area contributed by atoms with Gasteiger partial charge in [0.25, 0.3) is 0 Å². The van der Waals surface area contributed by atoms with E-state index in [4.69, 9.17) is 0 Å². The summed E-state index contributed by atoms with van der Waals surface area (Å²) in [5.74, 6) is -0.242. The second-order valence-electron chi connectivity index (χ2n) is 6.02. The molecule has 0 unspecified atom stereocenters. The lowest BCUT2D eigenvalue weighted by molar-refractivity contribution is -0.130. The van der Waals surface area contributed by atoms with E-state index in [2.05, 4.69) is 4.74 Å². The van der Waals surface area contributed by atoms with Gasteiger partial charge in [-0.3, -0.25) is 4.79 Å². The van der Waals surface area contributed by atoms with Crippen LogP contribution in [0.25, 0.3) is 0 Å². The molecular formula is C19H19F3N2O2. The van der Waals surface area contributed by atoms with E-state index in [1.807, 2.05) is 4.90 Å². The largest absolute Gasteiger partial charge is 0.435 e. The van der Waals surface area contributed by atoms with E-state index in [1.54, 1.807) is 35.2 Å². The minimum Gasteiger partial charge on any atom is -0.435 e. The third kappa shape index (κ3) is 4.47. The number of para-hydroxylation sites is 1. The monoisotopic (exact) mass is 364 g/mol. The number of nitrogens with zero attached hydrogens (tertiary/aromatic N) is 2. The lowest BCUT2D eigenvalue weighted by Gasteiger charge is -2.36. The number of piperazine rings is 1. The zero-order chi connectivity index (χ0) is 18.5. The summed E-state index contributed by atoms with van der Waals surface area (Å²) in [4.78, 5) is 16.1. The smallest absolute Gasteiger partial charge is 0.387 e. The van der Waals surface area contributed by atoms with E-state index in [1.165, 1.54) is 18.2 Å². The predicted molar refractivity (Wildman–Crippen MR) is 92.0 cm³/mol. The van der Waals surface area contributed by atoms with Crippen LogP contribution in [0.3, 0.4) is 0 Å². The molecule has 2 aromatic carbocycles. The van der Waals surface area contributed by atoms with Gasteiger partial charge in [-0.2, -0.15) is 8.78 Å². The molecule has 0 N–H and O–H groups in total. The van der Waals surface area contributed by atoms with Gasteiger partial charge in [-0.15, -0.1) is 0 Å². The van der Waals surface area contributed by atoms with Crippen molar-refractivity contribution in [1.82, 2.24) is 4.90 Å². The molecule has 0 saturated carbocycles. The molecule has 4 nitrogen and oxygen atoms in total. The molecule has 2 aromatic rings. The van der Waals surface area contributed by atoms with Crippen molar-refractivity contribution in [1.29, 1.82) is 0 Å². The number of amides is 1.